The lowest BCUT2D eigenvalue weighted by Gasteiger charge is -2.17. The van der Waals surface area contributed by atoms with Crippen LogP contribution in [0.1, 0.15) is 27.2 Å². The number of allylic oxidation sites excluding steroid dienone is 4. The zero-order valence-electron chi connectivity index (χ0n) is 15.4. The first-order valence-corrected chi connectivity index (χ1v) is 8.27. The van der Waals surface area contributed by atoms with E-state index < -0.39 is 17.5 Å². The van der Waals surface area contributed by atoms with Gasteiger partial charge in [0.05, 0.1) is 23.0 Å². The van der Waals surface area contributed by atoms with Crippen LogP contribution >= 0.6 is 0 Å². The minimum absolute atomic E-state index is 0.266. The largest absolute Gasteiger partial charge is 0.462 e. The first kappa shape index (κ1) is 20.7. The van der Waals surface area contributed by atoms with Crippen LogP contribution in [-0.4, -0.2) is 33.2 Å². The number of halogens is 3. The number of rotatable bonds is 7. The number of fused-ring (bicyclic) bond motifs is 1. The molecule has 146 valence electrons. The van der Waals surface area contributed by atoms with Gasteiger partial charge in [0.1, 0.15) is 17.2 Å². The van der Waals surface area contributed by atoms with E-state index in [0.717, 1.165) is 17.1 Å². The summed E-state index contributed by atoms with van der Waals surface area (Å²) in [6.07, 6.45) is -0.342. The Kier molecular flexibility index (Phi) is 6.10. The molecule has 27 heavy (non-hydrogen) atoms. The molecule has 0 spiro atoms. The summed E-state index contributed by atoms with van der Waals surface area (Å²) in [6, 6.07) is 5.21. The van der Waals surface area contributed by atoms with Gasteiger partial charge in [-0.1, -0.05) is 0 Å². The highest BCUT2D eigenvalue weighted by Crippen LogP contribution is 2.27. The highest BCUT2D eigenvalue weighted by atomic mass is 19.4. The maximum absolute atomic E-state index is 12.6. The van der Waals surface area contributed by atoms with E-state index in [9.17, 15) is 18.3 Å². The van der Waals surface area contributed by atoms with E-state index in [0.29, 0.717) is 18.7 Å². The highest BCUT2D eigenvalue weighted by Gasteiger charge is 2.32. The number of benzene rings is 1. The summed E-state index contributed by atoms with van der Waals surface area (Å²) in [7, 11) is 0. The maximum atomic E-state index is 12.6. The fourth-order valence-corrected chi connectivity index (χ4v) is 2.33. The molecule has 0 bridgehead atoms. The maximum Gasteiger partial charge on any atom is 0.433 e. The summed E-state index contributed by atoms with van der Waals surface area (Å²) in [5.74, 6) is 0.733. The molecule has 1 aromatic heterocycles. The van der Waals surface area contributed by atoms with Gasteiger partial charge in [0.15, 0.2) is 0 Å². The molecule has 0 saturated heterocycles. The van der Waals surface area contributed by atoms with Crippen molar-refractivity contribution in [1.82, 2.24) is 9.55 Å². The molecule has 2 rings (SSSR count). The van der Waals surface area contributed by atoms with Crippen molar-refractivity contribution in [1.29, 1.82) is 0 Å². The lowest BCUT2D eigenvalue weighted by atomic mass is 10.1. The molecule has 1 N–H and O–H groups in total. The number of alkyl halides is 3. The molecule has 1 heterocycles. The molecule has 0 atom stereocenters. The molecule has 8 heteroatoms. The van der Waals surface area contributed by atoms with E-state index in [1.807, 2.05) is 4.57 Å². The van der Waals surface area contributed by atoms with Crippen molar-refractivity contribution in [3.05, 3.63) is 48.1 Å². The first-order valence-electron chi connectivity index (χ1n) is 8.27. The molecule has 0 aliphatic heterocycles. The van der Waals surface area contributed by atoms with E-state index >= 15 is 0 Å². The topological polar surface area (TPSA) is 59.6 Å². The minimum Gasteiger partial charge on any atom is -0.462 e. The lowest BCUT2D eigenvalue weighted by molar-refractivity contribution is -0.0922. The number of imidazole rings is 1. The molecule has 0 unspecified atom stereocenters. The van der Waals surface area contributed by atoms with Gasteiger partial charge in [0, 0.05) is 12.6 Å². The van der Waals surface area contributed by atoms with E-state index in [-0.39, 0.29) is 5.76 Å². The van der Waals surface area contributed by atoms with Gasteiger partial charge >= 0.3 is 6.18 Å². The number of ether oxygens (including phenoxy) is 1. The Labute approximate surface area is 155 Å². The van der Waals surface area contributed by atoms with Crippen molar-refractivity contribution < 1.29 is 23.0 Å². The number of aromatic nitrogens is 2. The van der Waals surface area contributed by atoms with Gasteiger partial charge in [0.25, 0.3) is 0 Å². The third kappa shape index (κ3) is 5.96. The van der Waals surface area contributed by atoms with Crippen molar-refractivity contribution in [3.8, 4) is 5.75 Å². The average Bonchev–Trinajstić information content (AvgIpc) is 2.94. The molecule has 2 aromatic rings. The third-order valence-corrected chi connectivity index (χ3v) is 3.77. The third-order valence-electron chi connectivity index (χ3n) is 3.77. The van der Waals surface area contributed by atoms with Gasteiger partial charge in [-0.25, -0.2) is 4.98 Å². The van der Waals surface area contributed by atoms with Crippen LogP contribution in [0.3, 0.4) is 0 Å². The Bertz CT molecular complexity index is 874. The molecule has 0 fully saturated rings. The van der Waals surface area contributed by atoms with Crippen LogP contribution in [0, 0.1) is 0 Å². The molecular formula is C19H22F3N3O2. The van der Waals surface area contributed by atoms with Crippen molar-refractivity contribution in [2.24, 2.45) is 4.99 Å². The molecule has 0 aliphatic rings. The van der Waals surface area contributed by atoms with Gasteiger partial charge in [-0.15, -0.1) is 0 Å². The Morgan fingerprint density at radius 3 is 2.63 bits per heavy atom. The smallest absolute Gasteiger partial charge is 0.433 e. The molecule has 1 aromatic carbocycles. The van der Waals surface area contributed by atoms with Crippen LogP contribution in [0.15, 0.2) is 53.1 Å². The van der Waals surface area contributed by atoms with E-state index in [1.54, 1.807) is 45.3 Å². The molecule has 0 saturated carbocycles. The van der Waals surface area contributed by atoms with Crippen molar-refractivity contribution >= 4 is 17.8 Å². The summed E-state index contributed by atoms with van der Waals surface area (Å²) >= 11 is 0. The normalized spacial score (nSPS) is 13.9. The Morgan fingerprint density at radius 1 is 1.33 bits per heavy atom. The molecule has 5 nitrogen and oxygen atoms in total. The molecular weight excluding hydrogens is 359 g/mol. The van der Waals surface area contributed by atoms with Gasteiger partial charge in [-0.3, -0.25) is 4.99 Å². The van der Waals surface area contributed by atoms with Gasteiger partial charge < -0.3 is 14.4 Å². The van der Waals surface area contributed by atoms with E-state index in [1.165, 1.54) is 6.08 Å². The van der Waals surface area contributed by atoms with Crippen molar-refractivity contribution in [2.45, 2.75) is 45.5 Å². The number of hydrogen-bond acceptors (Lipinski definition) is 4. The molecule has 0 aliphatic carbocycles. The fourth-order valence-electron chi connectivity index (χ4n) is 2.33. The standard InChI is InChI=1S/C19H22F3N3O2/c1-13(5-8-17(23-4)19(20,21)22)27-14-6-7-15-16(11-14)25(12-24-15)10-9-18(2,3)26/h5-8,11-12,26H,4,9-10H2,1-3H3/b13-5+,17-8-. The molecule has 0 amide bonds. The fraction of sp³-hybridized carbons (Fsp3) is 0.368. The average molecular weight is 381 g/mol. The van der Waals surface area contributed by atoms with Crippen LogP contribution in [0.2, 0.25) is 0 Å². The molecule has 0 radical (unpaired) electrons. The van der Waals surface area contributed by atoms with Crippen LogP contribution in [0.25, 0.3) is 11.0 Å². The van der Waals surface area contributed by atoms with Crippen molar-refractivity contribution in [2.75, 3.05) is 0 Å². The summed E-state index contributed by atoms with van der Waals surface area (Å²) in [5.41, 5.74) is -0.324. The number of hydrogen-bond donors (Lipinski definition) is 1. The second-order valence-electron chi connectivity index (χ2n) is 6.74. The summed E-state index contributed by atoms with van der Waals surface area (Å²) < 4.78 is 45.4. The van der Waals surface area contributed by atoms with Gasteiger partial charge in [-0.05, 0) is 58.2 Å². The van der Waals surface area contributed by atoms with Gasteiger partial charge in [0.2, 0.25) is 0 Å². The lowest BCUT2D eigenvalue weighted by Crippen LogP contribution is -2.20. The number of aliphatic hydroxyl groups is 1. The highest BCUT2D eigenvalue weighted by molar-refractivity contribution is 5.77. The second kappa shape index (κ2) is 7.96. The van der Waals surface area contributed by atoms with E-state index in [4.69, 9.17) is 4.74 Å². The Balaban J connectivity index is 2.20. The Hall–Kier alpha value is -2.61. The van der Waals surface area contributed by atoms with Crippen LogP contribution in [0.4, 0.5) is 13.2 Å². The summed E-state index contributed by atoms with van der Waals surface area (Å²) in [5, 5.41) is 9.88. The Morgan fingerprint density at radius 2 is 2.04 bits per heavy atom. The van der Waals surface area contributed by atoms with Gasteiger partial charge in [-0.2, -0.15) is 13.2 Å². The van der Waals surface area contributed by atoms with Crippen LogP contribution in [0.5, 0.6) is 5.75 Å². The zero-order chi connectivity index (χ0) is 20.2. The minimum atomic E-state index is -4.57. The summed E-state index contributed by atoms with van der Waals surface area (Å²) in [6.45, 7) is 8.51. The van der Waals surface area contributed by atoms with Crippen LogP contribution in [-0.2, 0) is 6.54 Å². The predicted molar refractivity (Wildman–Crippen MR) is 98.7 cm³/mol. The second-order valence-corrected chi connectivity index (χ2v) is 6.74. The monoisotopic (exact) mass is 381 g/mol. The number of aliphatic imine (C=N–C) groups is 1. The zero-order valence-corrected chi connectivity index (χ0v) is 15.4. The quantitative estimate of drug-likeness (QED) is 0.432. The predicted octanol–water partition coefficient (Wildman–Crippen LogP) is 4.63. The summed E-state index contributed by atoms with van der Waals surface area (Å²) in [4.78, 5) is 7.27. The van der Waals surface area contributed by atoms with Crippen molar-refractivity contribution in [3.63, 3.8) is 0 Å². The SMILES string of the molecule is C=N/C(=C\C=C(/C)Oc1ccc2ncn(CCC(C)(C)O)c2c1)C(F)(F)F. The van der Waals surface area contributed by atoms with Crippen LogP contribution < -0.4 is 4.74 Å². The van der Waals surface area contributed by atoms with E-state index in [2.05, 4.69) is 16.7 Å². The number of aryl methyl sites for hydroxylation is 1. The first-order chi connectivity index (χ1) is 12.5. The number of nitrogens with zero attached hydrogens (tertiary/aromatic N) is 3.